The molecule has 0 fully saturated rings. The third-order valence-electron chi connectivity index (χ3n) is 3.05. The molecule has 1 amide bonds. The number of hydrogen-bond donors (Lipinski definition) is 1. The van der Waals surface area contributed by atoms with E-state index in [1.54, 1.807) is 38.7 Å². The monoisotopic (exact) mass is 304 g/mol. The van der Waals surface area contributed by atoms with Crippen LogP contribution < -0.4 is 14.8 Å². The van der Waals surface area contributed by atoms with Gasteiger partial charge in [0.05, 0.1) is 33.6 Å². The molecule has 0 aliphatic heterocycles. The first kappa shape index (κ1) is 15.9. The lowest BCUT2D eigenvalue weighted by Gasteiger charge is -2.15. The molecule has 1 N–H and O–H groups in total. The number of methoxy groups -OCH3 is 2. The van der Waals surface area contributed by atoms with Crippen molar-refractivity contribution in [2.24, 2.45) is 0 Å². The van der Waals surface area contributed by atoms with Crippen molar-refractivity contribution >= 4 is 11.6 Å². The van der Waals surface area contributed by atoms with Crippen molar-refractivity contribution in [3.8, 4) is 11.5 Å². The summed E-state index contributed by atoms with van der Waals surface area (Å²) >= 11 is 0. The topological polar surface area (TPSA) is 63.9 Å². The van der Waals surface area contributed by atoms with Gasteiger partial charge in [0.25, 0.3) is 0 Å². The minimum Gasteiger partial charge on any atom is -0.497 e. The van der Waals surface area contributed by atoms with Crippen LogP contribution in [0.3, 0.4) is 0 Å². The number of anilines is 1. The van der Waals surface area contributed by atoms with Crippen molar-refractivity contribution in [2.45, 2.75) is 6.54 Å². The first-order valence-electron chi connectivity index (χ1n) is 6.84. The molecule has 0 saturated carbocycles. The minimum absolute atomic E-state index is 0.121. The van der Waals surface area contributed by atoms with Gasteiger partial charge in [-0.3, -0.25) is 9.69 Å². The number of nitrogens with zero attached hydrogens (tertiary/aromatic N) is 1. The number of amides is 1. The number of hydrogen-bond acceptors (Lipinski definition) is 5. The second-order valence-electron chi connectivity index (χ2n) is 4.90. The van der Waals surface area contributed by atoms with Crippen LogP contribution in [0, 0.1) is 0 Å². The number of furan rings is 1. The van der Waals surface area contributed by atoms with Crippen LogP contribution in [0.2, 0.25) is 0 Å². The largest absolute Gasteiger partial charge is 0.497 e. The molecule has 118 valence electrons. The van der Waals surface area contributed by atoms with Crippen molar-refractivity contribution in [2.75, 3.05) is 33.1 Å². The molecular weight excluding hydrogens is 284 g/mol. The highest BCUT2D eigenvalue weighted by Crippen LogP contribution is 2.25. The van der Waals surface area contributed by atoms with Gasteiger partial charge in [-0.1, -0.05) is 0 Å². The molecule has 0 radical (unpaired) electrons. The molecule has 1 heterocycles. The van der Waals surface area contributed by atoms with Crippen molar-refractivity contribution in [1.29, 1.82) is 0 Å². The first-order valence-corrected chi connectivity index (χ1v) is 6.84. The Kier molecular flexibility index (Phi) is 5.43. The van der Waals surface area contributed by atoms with Crippen LogP contribution in [0.5, 0.6) is 11.5 Å². The molecule has 22 heavy (non-hydrogen) atoms. The molecule has 1 aromatic heterocycles. The summed E-state index contributed by atoms with van der Waals surface area (Å²) in [6, 6.07) is 8.94. The van der Waals surface area contributed by atoms with E-state index in [9.17, 15) is 4.79 Å². The van der Waals surface area contributed by atoms with E-state index < -0.39 is 0 Å². The molecule has 0 saturated heterocycles. The molecule has 0 aliphatic carbocycles. The Morgan fingerprint density at radius 1 is 1.23 bits per heavy atom. The summed E-state index contributed by atoms with van der Waals surface area (Å²) in [5.74, 6) is 1.94. The average molecular weight is 304 g/mol. The fraction of sp³-hybridized carbons (Fsp3) is 0.312. The predicted molar refractivity (Wildman–Crippen MR) is 83.2 cm³/mol. The van der Waals surface area contributed by atoms with E-state index in [0.717, 1.165) is 5.76 Å². The van der Waals surface area contributed by atoms with Crippen LogP contribution in [0.4, 0.5) is 5.69 Å². The highest BCUT2D eigenvalue weighted by atomic mass is 16.5. The molecule has 0 atom stereocenters. The van der Waals surface area contributed by atoms with Crippen molar-refractivity contribution in [3.63, 3.8) is 0 Å². The summed E-state index contributed by atoms with van der Waals surface area (Å²) in [6.07, 6.45) is 1.62. The van der Waals surface area contributed by atoms with Crippen LogP contribution in [-0.2, 0) is 11.3 Å². The van der Waals surface area contributed by atoms with Crippen LogP contribution >= 0.6 is 0 Å². The van der Waals surface area contributed by atoms with Gasteiger partial charge in [0, 0.05) is 23.9 Å². The van der Waals surface area contributed by atoms with Crippen LogP contribution in [0.15, 0.2) is 41.0 Å². The number of carbonyl (C=O) groups excluding carboxylic acids is 1. The zero-order valence-electron chi connectivity index (χ0n) is 13.0. The molecule has 0 aliphatic rings. The Morgan fingerprint density at radius 3 is 2.45 bits per heavy atom. The number of rotatable bonds is 7. The van der Waals surface area contributed by atoms with Gasteiger partial charge in [-0.05, 0) is 19.2 Å². The summed E-state index contributed by atoms with van der Waals surface area (Å²) in [5, 5.41) is 2.83. The van der Waals surface area contributed by atoms with Gasteiger partial charge in [0.15, 0.2) is 0 Å². The highest BCUT2D eigenvalue weighted by molar-refractivity contribution is 5.92. The second kappa shape index (κ2) is 7.51. The fourth-order valence-electron chi connectivity index (χ4n) is 2.05. The molecule has 1 aromatic carbocycles. The van der Waals surface area contributed by atoms with E-state index in [2.05, 4.69) is 5.32 Å². The van der Waals surface area contributed by atoms with Gasteiger partial charge in [-0.25, -0.2) is 0 Å². The minimum atomic E-state index is -0.121. The lowest BCUT2D eigenvalue weighted by molar-refractivity contribution is -0.117. The van der Waals surface area contributed by atoms with E-state index in [1.807, 2.05) is 24.1 Å². The Hall–Kier alpha value is -2.47. The zero-order chi connectivity index (χ0) is 15.9. The quantitative estimate of drug-likeness (QED) is 0.851. The number of carbonyl (C=O) groups is 1. The van der Waals surface area contributed by atoms with Gasteiger partial charge in [-0.2, -0.15) is 0 Å². The zero-order valence-corrected chi connectivity index (χ0v) is 13.0. The summed E-state index contributed by atoms with van der Waals surface area (Å²) in [4.78, 5) is 14.0. The Balaban J connectivity index is 1.93. The molecule has 6 heteroatoms. The smallest absolute Gasteiger partial charge is 0.238 e. The summed E-state index contributed by atoms with van der Waals surface area (Å²) in [7, 11) is 4.99. The van der Waals surface area contributed by atoms with Gasteiger partial charge in [0.1, 0.15) is 17.3 Å². The number of benzene rings is 1. The van der Waals surface area contributed by atoms with Gasteiger partial charge in [-0.15, -0.1) is 0 Å². The molecule has 0 unspecified atom stereocenters. The van der Waals surface area contributed by atoms with E-state index in [0.29, 0.717) is 23.7 Å². The number of likely N-dealkylation sites (N-methyl/N-ethyl adjacent to an activating group) is 1. The molecule has 2 aromatic rings. The van der Waals surface area contributed by atoms with Crippen LogP contribution in [0.1, 0.15) is 5.76 Å². The van der Waals surface area contributed by atoms with Crippen molar-refractivity contribution in [3.05, 3.63) is 42.4 Å². The van der Waals surface area contributed by atoms with Crippen molar-refractivity contribution < 1.29 is 18.7 Å². The maximum atomic E-state index is 12.1. The van der Waals surface area contributed by atoms with E-state index in [4.69, 9.17) is 13.9 Å². The van der Waals surface area contributed by atoms with Crippen LogP contribution in [-0.4, -0.2) is 38.6 Å². The van der Waals surface area contributed by atoms with E-state index in [1.165, 1.54) is 0 Å². The van der Waals surface area contributed by atoms with E-state index >= 15 is 0 Å². The summed E-state index contributed by atoms with van der Waals surface area (Å²) in [6.45, 7) is 0.822. The lowest BCUT2D eigenvalue weighted by atomic mass is 10.2. The van der Waals surface area contributed by atoms with Gasteiger partial charge in [0.2, 0.25) is 5.91 Å². The molecule has 0 bridgehead atoms. The molecule has 6 nitrogen and oxygen atoms in total. The number of ether oxygens (including phenoxy) is 2. The van der Waals surface area contributed by atoms with Crippen molar-refractivity contribution in [1.82, 2.24) is 4.90 Å². The Morgan fingerprint density at radius 2 is 1.91 bits per heavy atom. The third kappa shape index (κ3) is 4.53. The molecular formula is C16H20N2O4. The van der Waals surface area contributed by atoms with E-state index in [-0.39, 0.29) is 12.5 Å². The van der Waals surface area contributed by atoms with Gasteiger partial charge >= 0.3 is 0 Å². The average Bonchev–Trinajstić information content (AvgIpc) is 2.99. The lowest BCUT2D eigenvalue weighted by Crippen LogP contribution is -2.29. The third-order valence-corrected chi connectivity index (χ3v) is 3.05. The first-order chi connectivity index (χ1) is 10.6. The Bertz CT molecular complexity index is 588. The van der Waals surface area contributed by atoms with Gasteiger partial charge < -0.3 is 19.2 Å². The highest BCUT2D eigenvalue weighted by Gasteiger charge is 2.10. The molecule has 0 spiro atoms. The van der Waals surface area contributed by atoms with Crippen LogP contribution in [0.25, 0.3) is 0 Å². The second-order valence-corrected chi connectivity index (χ2v) is 4.90. The SMILES string of the molecule is COc1cc(NC(=O)CN(C)Cc2ccco2)cc(OC)c1. The normalized spacial score (nSPS) is 10.5. The summed E-state index contributed by atoms with van der Waals surface area (Å²) in [5.41, 5.74) is 0.632. The maximum Gasteiger partial charge on any atom is 0.238 e. The Labute approximate surface area is 129 Å². The number of nitrogens with one attached hydrogen (secondary N) is 1. The predicted octanol–water partition coefficient (Wildman–Crippen LogP) is 2.37. The summed E-state index contributed by atoms with van der Waals surface area (Å²) < 4.78 is 15.6. The fourth-order valence-corrected chi connectivity index (χ4v) is 2.05. The maximum absolute atomic E-state index is 12.1. The molecule has 2 rings (SSSR count). The standard InChI is InChI=1S/C16H20N2O4/c1-18(10-13-5-4-6-22-13)11-16(19)17-12-7-14(20-2)9-15(8-12)21-3/h4-9H,10-11H2,1-3H3,(H,17,19).